The number of benzene rings is 1. The molecule has 2 rings (SSSR count). The van der Waals surface area contributed by atoms with Crippen molar-refractivity contribution in [3.05, 3.63) is 40.1 Å². The highest BCUT2D eigenvalue weighted by molar-refractivity contribution is 6.75. The summed E-state index contributed by atoms with van der Waals surface area (Å²) in [4.78, 5) is 11.3. The first-order valence-corrected chi connectivity index (χ1v) is 7.27. The number of halogens is 5. The van der Waals surface area contributed by atoms with E-state index in [1.54, 1.807) is 24.4 Å². The predicted octanol–water partition coefficient (Wildman–Crippen LogP) is 3.99. The minimum Gasteiger partial charge on any atom is -0.456 e. The van der Waals surface area contributed by atoms with Gasteiger partial charge in [0, 0.05) is 0 Å². The van der Waals surface area contributed by atoms with Gasteiger partial charge in [0.05, 0.1) is 21.9 Å². The number of esters is 1. The van der Waals surface area contributed by atoms with Crippen molar-refractivity contribution in [1.29, 1.82) is 0 Å². The molecule has 0 fully saturated rings. The Kier molecular flexibility index (Phi) is 5.22. The lowest BCUT2D eigenvalue weighted by molar-refractivity contribution is -0.143. The minimum absolute atomic E-state index is 0.173. The SMILES string of the molecule is O=C(OCc1cn(-c2ccc(Cl)c(Cl)c2)nn1)C(Cl)(Cl)Cl. The van der Waals surface area contributed by atoms with Crippen molar-refractivity contribution >= 4 is 64.0 Å². The van der Waals surface area contributed by atoms with Crippen molar-refractivity contribution in [2.24, 2.45) is 0 Å². The van der Waals surface area contributed by atoms with E-state index in [1.165, 1.54) is 4.68 Å². The second kappa shape index (κ2) is 6.58. The van der Waals surface area contributed by atoms with Gasteiger partial charge in [-0.05, 0) is 18.2 Å². The standard InChI is InChI=1S/C11H6Cl5N3O2/c12-8-2-1-7(3-9(8)13)19-4-6(17-18-19)5-21-10(20)11(14,15)16/h1-4H,5H2. The molecule has 0 amide bonds. The third kappa shape index (κ3) is 4.37. The molecule has 21 heavy (non-hydrogen) atoms. The predicted molar refractivity (Wildman–Crippen MR) is 81.5 cm³/mol. The topological polar surface area (TPSA) is 57.0 Å². The zero-order chi connectivity index (χ0) is 15.6. The van der Waals surface area contributed by atoms with Crippen molar-refractivity contribution in [3.8, 4) is 5.69 Å². The van der Waals surface area contributed by atoms with Crippen LogP contribution in [0.2, 0.25) is 10.0 Å². The van der Waals surface area contributed by atoms with Gasteiger partial charge in [0.15, 0.2) is 0 Å². The minimum atomic E-state index is -2.13. The Morgan fingerprint density at radius 1 is 1.24 bits per heavy atom. The first-order valence-electron chi connectivity index (χ1n) is 5.38. The van der Waals surface area contributed by atoms with Crippen LogP contribution in [0, 0.1) is 0 Å². The third-order valence-corrected chi connectivity index (χ3v) is 3.49. The summed E-state index contributed by atoms with van der Waals surface area (Å²) < 4.78 is 4.11. The van der Waals surface area contributed by atoms with E-state index in [0.29, 0.717) is 21.4 Å². The van der Waals surface area contributed by atoms with E-state index in [1.807, 2.05) is 0 Å². The Morgan fingerprint density at radius 3 is 2.57 bits per heavy atom. The van der Waals surface area contributed by atoms with Crippen LogP contribution in [0.25, 0.3) is 5.69 Å². The van der Waals surface area contributed by atoms with Crippen LogP contribution < -0.4 is 0 Å². The molecule has 0 saturated heterocycles. The summed E-state index contributed by atoms with van der Waals surface area (Å²) in [7, 11) is 0. The Morgan fingerprint density at radius 2 is 1.95 bits per heavy atom. The average Bonchev–Trinajstić information content (AvgIpc) is 2.87. The van der Waals surface area contributed by atoms with Crippen LogP contribution >= 0.6 is 58.0 Å². The van der Waals surface area contributed by atoms with Crippen LogP contribution in [-0.2, 0) is 16.1 Å². The van der Waals surface area contributed by atoms with E-state index in [4.69, 9.17) is 62.7 Å². The monoisotopic (exact) mass is 387 g/mol. The second-order valence-corrected chi connectivity index (χ2v) is 6.92. The molecular formula is C11H6Cl5N3O2. The Hall–Kier alpha value is -0.720. The summed E-state index contributed by atoms with van der Waals surface area (Å²) in [5, 5.41) is 8.51. The molecule has 2 aromatic rings. The normalized spacial score (nSPS) is 11.5. The molecular weight excluding hydrogens is 383 g/mol. The van der Waals surface area contributed by atoms with Gasteiger partial charge in [-0.1, -0.05) is 63.2 Å². The van der Waals surface area contributed by atoms with Crippen molar-refractivity contribution in [2.45, 2.75) is 10.4 Å². The van der Waals surface area contributed by atoms with Crippen LogP contribution in [0.5, 0.6) is 0 Å². The van der Waals surface area contributed by atoms with Gasteiger partial charge in [-0.25, -0.2) is 9.48 Å². The van der Waals surface area contributed by atoms with Gasteiger partial charge in [-0.2, -0.15) is 0 Å². The van der Waals surface area contributed by atoms with Gasteiger partial charge in [-0.3, -0.25) is 0 Å². The molecule has 0 unspecified atom stereocenters. The summed E-state index contributed by atoms with van der Waals surface area (Å²) >= 11 is 27.9. The smallest absolute Gasteiger partial charge is 0.358 e. The van der Waals surface area contributed by atoms with Crippen LogP contribution in [0.1, 0.15) is 5.69 Å². The molecule has 0 atom stereocenters. The maximum atomic E-state index is 11.3. The van der Waals surface area contributed by atoms with Gasteiger partial charge >= 0.3 is 5.97 Å². The van der Waals surface area contributed by atoms with E-state index < -0.39 is 9.76 Å². The van der Waals surface area contributed by atoms with Crippen molar-refractivity contribution in [3.63, 3.8) is 0 Å². The largest absolute Gasteiger partial charge is 0.456 e. The molecule has 1 heterocycles. The molecule has 1 aromatic carbocycles. The zero-order valence-corrected chi connectivity index (χ0v) is 13.8. The molecule has 0 spiro atoms. The van der Waals surface area contributed by atoms with Crippen LogP contribution in [0.3, 0.4) is 0 Å². The summed E-state index contributed by atoms with van der Waals surface area (Å²) in [6, 6.07) is 4.96. The van der Waals surface area contributed by atoms with Crippen LogP contribution in [-0.4, -0.2) is 24.8 Å². The Labute approximate surface area is 144 Å². The van der Waals surface area contributed by atoms with E-state index in [2.05, 4.69) is 10.3 Å². The highest BCUT2D eigenvalue weighted by Gasteiger charge is 2.32. The van der Waals surface area contributed by atoms with Crippen molar-refractivity contribution < 1.29 is 9.53 Å². The first kappa shape index (κ1) is 16.6. The number of carbonyl (C=O) groups excluding carboxylic acids is 1. The molecule has 112 valence electrons. The van der Waals surface area contributed by atoms with Crippen LogP contribution in [0.4, 0.5) is 0 Å². The van der Waals surface area contributed by atoms with E-state index in [9.17, 15) is 4.79 Å². The lowest BCUT2D eigenvalue weighted by Gasteiger charge is -2.08. The van der Waals surface area contributed by atoms with Gasteiger partial charge in [0.2, 0.25) is 0 Å². The quantitative estimate of drug-likeness (QED) is 0.588. The highest BCUT2D eigenvalue weighted by Crippen LogP contribution is 2.28. The van der Waals surface area contributed by atoms with Gasteiger partial charge in [0.1, 0.15) is 12.3 Å². The van der Waals surface area contributed by atoms with Crippen molar-refractivity contribution in [2.75, 3.05) is 0 Å². The molecule has 0 aliphatic rings. The number of carbonyl (C=O) groups is 1. The molecule has 0 bridgehead atoms. The van der Waals surface area contributed by atoms with Crippen LogP contribution in [0.15, 0.2) is 24.4 Å². The fourth-order valence-electron chi connectivity index (χ4n) is 1.34. The second-order valence-electron chi connectivity index (χ2n) is 3.83. The molecule has 0 N–H and O–H groups in total. The lowest BCUT2D eigenvalue weighted by atomic mass is 10.3. The number of rotatable bonds is 3. The molecule has 10 heteroatoms. The Balaban J connectivity index is 2.08. The lowest BCUT2D eigenvalue weighted by Crippen LogP contribution is -2.21. The summed E-state index contributed by atoms with van der Waals surface area (Å²) in [6.07, 6.45) is 1.55. The zero-order valence-electron chi connectivity index (χ0n) is 10.1. The van der Waals surface area contributed by atoms with Gasteiger partial charge in [0.25, 0.3) is 3.79 Å². The maximum Gasteiger partial charge on any atom is 0.358 e. The number of alkyl halides is 3. The van der Waals surface area contributed by atoms with Gasteiger partial charge < -0.3 is 4.74 Å². The number of ether oxygens (including phenoxy) is 1. The highest BCUT2D eigenvalue weighted by atomic mass is 35.6. The Bertz CT molecular complexity index is 668. The number of hydrogen-bond donors (Lipinski definition) is 0. The maximum absolute atomic E-state index is 11.3. The molecule has 0 radical (unpaired) electrons. The summed E-state index contributed by atoms with van der Waals surface area (Å²) in [5.74, 6) is -0.989. The van der Waals surface area contributed by atoms with Crippen molar-refractivity contribution in [1.82, 2.24) is 15.0 Å². The average molecular weight is 389 g/mol. The summed E-state index contributed by atoms with van der Waals surface area (Å²) in [5.41, 5.74) is 1.03. The number of hydrogen-bond acceptors (Lipinski definition) is 4. The molecule has 0 aliphatic carbocycles. The van der Waals surface area contributed by atoms with E-state index in [0.717, 1.165) is 0 Å². The summed E-state index contributed by atoms with van der Waals surface area (Å²) in [6.45, 7) is -0.173. The van der Waals surface area contributed by atoms with E-state index >= 15 is 0 Å². The third-order valence-electron chi connectivity index (χ3n) is 2.29. The number of nitrogens with zero attached hydrogens (tertiary/aromatic N) is 3. The molecule has 0 aliphatic heterocycles. The molecule has 5 nitrogen and oxygen atoms in total. The first-order chi connectivity index (χ1) is 9.77. The fraction of sp³-hybridized carbons (Fsp3) is 0.182. The molecule has 1 aromatic heterocycles. The fourth-order valence-corrected chi connectivity index (χ4v) is 1.80. The number of aromatic nitrogens is 3. The van der Waals surface area contributed by atoms with Gasteiger partial charge in [-0.15, -0.1) is 5.10 Å². The molecule has 0 saturated carbocycles. The van der Waals surface area contributed by atoms with E-state index in [-0.39, 0.29) is 6.61 Å².